The van der Waals surface area contributed by atoms with Gasteiger partial charge in [0.25, 0.3) is 0 Å². The molecule has 0 bridgehead atoms. The third kappa shape index (κ3) is 5.03. The van der Waals surface area contributed by atoms with Crippen LogP contribution in [0.15, 0.2) is 0 Å². The number of methoxy groups -OCH3 is 1. The summed E-state index contributed by atoms with van der Waals surface area (Å²) < 4.78 is 10.4. The number of nitrogens with one attached hydrogen (secondary N) is 1. The predicted molar refractivity (Wildman–Crippen MR) is 77.5 cm³/mol. The normalized spacial score (nSPS) is 27.6. The van der Waals surface area contributed by atoms with Crippen molar-refractivity contribution in [1.29, 1.82) is 0 Å². The molecule has 1 N–H and O–H groups in total. The van der Waals surface area contributed by atoms with Gasteiger partial charge in [0.1, 0.15) is 0 Å². The Morgan fingerprint density at radius 1 is 1.05 bits per heavy atom. The van der Waals surface area contributed by atoms with Crippen molar-refractivity contribution in [2.75, 3.05) is 46.6 Å². The molecule has 0 radical (unpaired) electrons. The van der Waals surface area contributed by atoms with E-state index in [9.17, 15) is 0 Å². The Bertz CT molecular complexity index is 238. The van der Waals surface area contributed by atoms with Crippen LogP contribution in [0.1, 0.15) is 38.5 Å². The fourth-order valence-electron chi connectivity index (χ4n) is 3.35. The van der Waals surface area contributed by atoms with Crippen LogP contribution in [-0.4, -0.2) is 63.5 Å². The lowest BCUT2D eigenvalue weighted by atomic mass is 9.99. The molecule has 2 fully saturated rings. The van der Waals surface area contributed by atoms with Crippen molar-refractivity contribution in [2.45, 2.75) is 50.6 Å². The average molecular weight is 270 g/mol. The van der Waals surface area contributed by atoms with Crippen LogP contribution >= 0.6 is 0 Å². The second-order valence-corrected chi connectivity index (χ2v) is 5.76. The van der Waals surface area contributed by atoms with Gasteiger partial charge in [0.2, 0.25) is 0 Å². The monoisotopic (exact) mass is 270 g/mol. The number of ether oxygens (including phenoxy) is 2. The van der Waals surface area contributed by atoms with Gasteiger partial charge in [0, 0.05) is 32.3 Å². The molecule has 0 amide bonds. The highest BCUT2D eigenvalue weighted by atomic mass is 16.5. The van der Waals surface area contributed by atoms with E-state index in [2.05, 4.69) is 10.2 Å². The molecule has 2 aliphatic heterocycles. The fraction of sp³-hybridized carbons (Fsp3) is 1.00. The Balaban J connectivity index is 1.47. The van der Waals surface area contributed by atoms with Crippen LogP contribution in [0.3, 0.4) is 0 Å². The number of unbranched alkanes of at least 4 members (excludes halogenated alkanes) is 1. The molecule has 2 aliphatic rings. The van der Waals surface area contributed by atoms with Crippen LogP contribution in [0.5, 0.6) is 0 Å². The van der Waals surface area contributed by atoms with E-state index in [1.807, 2.05) is 0 Å². The van der Waals surface area contributed by atoms with Crippen LogP contribution in [0, 0.1) is 0 Å². The molecule has 2 unspecified atom stereocenters. The summed E-state index contributed by atoms with van der Waals surface area (Å²) in [6.07, 6.45) is 7.94. The minimum absolute atomic E-state index is 0.706. The minimum atomic E-state index is 0.706. The maximum atomic E-state index is 5.47. The van der Waals surface area contributed by atoms with Crippen molar-refractivity contribution in [3.8, 4) is 0 Å². The molecule has 2 atom stereocenters. The van der Waals surface area contributed by atoms with Crippen LogP contribution in [0.25, 0.3) is 0 Å². The van der Waals surface area contributed by atoms with Crippen molar-refractivity contribution < 1.29 is 9.47 Å². The fourth-order valence-corrected chi connectivity index (χ4v) is 3.35. The molecule has 0 saturated carbocycles. The van der Waals surface area contributed by atoms with Crippen molar-refractivity contribution in [2.24, 2.45) is 0 Å². The first-order valence-corrected chi connectivity index (χ1v) is 7.96. The summed E-state index contributed by atoms with van der Waals surface area (Å²) in [5.41, 5.74) is 0. The quantitative estimate of drug-likeness (QED) is 0.646. The molecular weight excluding hydrogens is 240 g/mol. The Hall–Kier alpha value is -0.160. The molecule has 4 nitrogen and oxygen atoms in total. The van der Waals surface area contributed by atoms with Crippen molar-refractivity contribution in [1.82, 2.24) is 10.2 Å². The van der Waals surface area contributed by atoms with Gasteiger partial charge in [-0.3, -0.25) is 4.90 Å². The van der Waals surface area contributed by atoms with Crippen LogP contribution in [0.2, 0.25) is 0 Å². The molecule has 4 heteroatoms. The number of fused-ring (bicyclic) bond motifs is 1. The summed E-state index contributed by atoms with van der Waals surface area (Å²) >= 11 is 0. The van der Waals surface area contributed by atoms with Gasteiger partial charge in [-0.15, -0.1) is 0 Å². The number of nitrogens with zero attached hydrogens (tertiary/aromatic N) is 1. The highest BCUT2D eigenvalue weighted by molar-refractivity contribution is 4.93. The van der Waals surface area contributed by atoms with Gasteiger partial charge in [-0.05, 0) is 45.2 Å². The Labute approximate surface area is 117 Å². The molecule has 2 rings (SSSR count). The molecular formula is C15H30N2O2. The van der Waals surface area contributed by atoms with Gasteiger partial charge >= 0.3 is 0 Å². The van der Waals surface area contributed by atoms with Crippen LogP contribution in [0.4, 0.5) is 0 Å². The first-order valence-electron chi connectivity index (χ1n) is 7.96. The first-order chi connectivity index (χ1) is 9.42. The van der Waals surface area contributed by atoms with E-state index in [0.717, 1.165) is 38.3 Å². The number of hydrogen-bond donors (Lipinski definition) is 1. The zero-order chi connectivity index (χ0) is 13.3. The molecule has 0 aromatic rings. The maximum absolute atomic E-state index is 5.47. The molecule has 0 aliphatic carbocycles. The van der Waals surface area contributed by atoms with Crippen molar-refractivity contribution >= 4 is 0 Å². The summed E-state index contributed by atoms with van der Waals surface area (Å²) in [4.78, 5) is 2.69. The van der Waals surface area contributed by atoms with Gasteiger partial charge in [0.05, 0.1) is 13.2 Å². The van der Waals surface area contributed by atoms with Crippen LogP contribution in [-0.2, 0) is 9.47 Å². The molecule has 19 heavy (non-hydrogen) atoms. The molecule has 0 spiro atoms. The first kappa shape index (κ1) is 15.2. The van der Waals surface area contributed by atoms with E-state index in [-0.39, 0.29) is 0 Å². The lowest BCUT2D eigenvalue weighted by Gasteiger charge is -2.32. The predicted octanol–water partition coefficient (Wildman–Crippen LogP) is 1.65. The summed E-state index contributed by atoms with van der Waals surface area (Å²) in [6, 6.07) is 1.57. The van der Waals surface area contributed by atoms with Crippen molar-refractivity contribution in [3.63, 3.8) is 0 Å². The van der Waals surface area contributed by atoms with Gasteiger partial charge in [-0.2, -0.15) is 0 Å². The van der Waals surface area contributed by atoms with E-state index in [4.69, 9.17) is 9.47 Å². The average Bonchev–Trinajstić information content (AvgIpc) is 2.85. The van der Waals surface area contributed by atoms with Crippen LogP contribution < -0.4 is 5.32 Å². The van der Waals surface area contributed by atoms with Gasteiger partial charge < -0.3 is 14.8 Å². The second kappa shape index (κ2) is 8.90. The summed E-state index contributed by atoms with van der Waals surface area (Å²) in [5, 5.41) is 3.76. The van der Waals surface area contributed by atoms with Gasteiger partial charge in [-0.1, -0.05) is 6.42 Å². The minimum Gasteiger partial charge on any atom is -0.382 e. The lowest BCUT2D eigenvalue weighted by Crippen LogP contribution is -2.45. The molecule has 112 valence electrons. The summed E-state index contributed by atoms with van der Waals surface area (Å²) in [7, 11) is 1.71. The highest BCUT2D eigenvalue weighted by Gasteiger charge is 2.34. The maximum Gasteiger partial charge on any atom is 0.0700 e. The summed E-state index contributed by atoms with van der Waals surface area (Å²) in [6.45, 7) is 6.08. The standard InChI is InChI=1S/C15H30N2O2/c1-18-12-13-19-11-5-3-8-16-14-7-10-17-9-4-2-6-15(14)17/h14-16H,2-13H2,1H3. The Morgan fingerprint density at radius 2 is 2.00 bits per heavy atom. The summed E-state index contributed by atoms with van der Waals surface area (Å²) in [5.74, 6) is 0. The SMILES string of the molecule is COCCOCCCCNC1CCN2CCCCC12. The third-order valence-corrected chi connectivity index (χ3v) is 4.41. The second-order valence-electron chi connectivity index (χ2n) is 5.76. The molecule has 2 saturated heterocycles. The molecule has 0 aromatic heterocycles. The molecule has 2 heterocycles. The van der Waals surface area contributed by atoms with E-state index >= 15 is 0 Å². The molecule has 0 aromatic carbocycles. The van der Waals surface area contributed by atoms with Gasteiger partial charge in [-0.25, -0.2) is 0 Å². The van der Waals surface area contributed by atoms with E-state index in [0.29, 0.717) is 6.61 Å². The number of hydrogen-bond acceptors (Lipinski definition) is 4. The zero-order valence-corrected chi connectivity index (χ0v) is 12.4. The van der Waals surface area contributed by atoms with Gasteiger partial charge in [0.15, 0.2) is 0 Å². The number of rotatable bonds is 9. The van der Waals surface area contributed by atoms with Crippen molar-refractivity contribution in [3.05, 3.63) is 0 Å². The lowest BCUT2D eigenvalue weighted by molar-refractivity contribution is 0.0687. The third-order valence-electron chi connectivity index (χ3n) is 4.41. The topological polar surface area (TPSA) is 33.7 Å². The van der Waals surface area contributed by atoms with E-state index in [1.54, 1.807) is 7.11 Å². The Kier molecular flexibility index (Phi) is 7.14. The van der Waals surface area contributed by atoms with E-state index in [1.165, 1.54) is 45.2 Å². The smallest absolute Gasteiger partial charge is 0.0700 e. The van der Waals surface area contributed by atoms with E-state index < -0.39 is 0 Å². The highest BCUT2D eigenvalue weighted by Crippen LogP contribution is 2.26. The largest absolute Gasteiger partial charge is 0.382 e. The number of piperidine rings is 1. The zero-order valence-electron chi connectivity index (χ0n) is 12.4. The Morgan fingerprint density at radius 3 is 2.89 bits per heavy atom.